The summed E-state index contributed by atoms with van der Waals surface area (Å²) in [5.41, 5.74) is 0.438. The number of para-hydroxylation sites is 1. The van der Waals surface area contributed by atoms with Gasteiger partial charge in [0.1, 0.15) is 18.1 Å². The molecule has 1 fully saturated rings. The van der Waals surface area contributed by atoms with Gasteiger partial charge in [-0.05, 0) is 53.7 Å². The van der Waals surface area contributed by atoms with Crippen LogP contribution in [0.5, 0.6) is 11.5 Å². The van der Waals surface area contributed by atoms with Crippen LogP contribution in [0.25, 0.3) is 6.08 Å². The molecule has 0 unspecified atom stereocenters. The van der Waals surface area contributed by atoms with Gasteiger partial charge in [-0.1, -0.05) is 41.9 Å². The number of hydrogen-bond donors (Lipinski definition) is 0. The molecule has 0 radical (unpaired) electrons. The fourth-order valence-corrected chi connectivity index (χ4v) is 4.25. The van der Waals surface area contributed by atoms with Gasteiger partial charge < -0.3 is 9.47 Å². The molecule has 9 nitrogen and oxygen atoms in total. The number of benzene rings is 3. The summed E-state index contributed by atoms with van der Waals surface area (Å²) in [6.45, 7) is 0.166. The number of hydrogen-bond acceptors (Lipinski definition) is 8. The van der Waals surface area contributed by atoms with Gasteiger partial charge in [-0.2, -0.15) is 0 Å². The molecule has 0 N–H and O–H groups in total. The highest BCUT2D eigenvalue weighted by Gasteiger charge is 2.34. The number of carbonyl (C=O) groups is 3. The lowest BCUT2D eigenvalue weighted by molar-refractivity contribution is -0.384. The smallest absolute Gasteiger partial charge is 0.343 e. The lowest BCUT2D eigenvalue weighted by atomic mass is 10.2. The quantitative estimate of drug-likeness (QED) is 0.123. The number of nitrogens with zero attached hydrogens (tertiary/aromatic N) is 2. The second kappa shape index (κ2) is 11.1. The minimum Gasteiger partial charge on any atom is -0.490 e. The third-order valence-electron chi connectivity index (χ3n) is 4.96. The van der Waals surface area contributed by atoms with E-state index in [0.717, 1.165) is 22.7 Å². The maximum Gasteiger partial charge on any atom is 0.343 e. The Kier molecular flexibility index (Phi) is 7.67. The van der Waals surface area contributed by atoms with Gasteiger partial charge in [0, 0.05) is 12.1 Å². The number of halogens is 1. The van der Waals surface area contributed by atoms with Crippen LogP contribution in [0.3, 0.4) is 0 Å². The SMILES string of the molecule is O=C(Oc1ccc(/C=C2\SC(=O)N(CCOc3ccccc3Cl)C2=O)cc1)c1cccc([N+](=O)[O-])c1. The molecule has 3 aromatic rings. The largest absolute Gasteiger partial charge is 0.490 e. The minimum absolute atomic E-state index is 0.0421. The third-order valence-corrected chi connectivity index (χ3v) is 6.18. The molecule has 1 aliphatic heterocycles. The maximum absolute atomic E-state index is 12.7. The molecule has 0 saturated carbocycles. The first kappa shape index (κ1) is 25.0. The molecule has 4 rings (SSSR count). The molecule has 1 saturated heterocycles. The molecule has 0 bridgehead atoms. The minimum atomic E-state index is -0.744. The number of nitro benzene ring substituents is 1. The van der Waals surface area contributed by atoms with Crippen LogP contribution in [0.1, 0.15) is 15.9 Å². The van der Waals surface area contributed by atoms with Gasteiger partial charge in [0.15, 0.2) is 0 Å². The van der Waals surface area contributed by atoms with E-state index in [9.17, 15) is 24.5 Å². The highest BCUT2D eigenvalue weighted by Crippen LogP contribution is 2.32. The first-order valence-electron chi connectivity index (χ1n) is 10.5. The molecule has 36 heavy (non-hydrogen) atoms. The Balaban J connectivity index is 1.36. The second-order valence-electron chi connectivity index (χ2n) is 7.38. The van der Waals surface area contributed by atoms with Crippen molar-refractivity contribution < 1.29 is 28.8 Å². The zero-order chi connectivity index (χ0) is 25.7. The third kappa shape index (κ3) is 5.91. The van der Waals surface area contributed by atoms with E-state index in [1.165, 1.54) is 30.3 Å². The van der Waals surface area contributed by atoms with Crippen LogP contribution >= 0.6 is 23.4 Å². The number of rotatable bonds is 8. The molecule has 1 aliphatic rings. The number of thioether (sulfide) groups is 1. The summed E-state index contributed by atoms with van der Waals surface area (Å²) in [5.74, 6) is -0.498. The van der Waals surface area contributed by atoms with Crippen LogP contribution in [0.4, 0.5) is 10.5 Å². The van der Waals surface area contributed by atoms with E-state index in [2.05, 4.69) is 0 Å². The average molecular weight is 525 g/mol. The predicted octanol–water partition coefficient (Wildman–Crippen LogP) is 5.58. The van der Waals surface area contributed by atoms with Crippen molar-refractivity contribution in [3.63, 3.8) is 0 Å². The van der Waals surface area contributed by atoms with Crippen molar-refractivity contribution in [3.8, 4) is 11.5 Å². The molecule has 0 atom stereocenters. The van der Waals surface area contributed by atoms with Crippen LogP contribution in [0.2, 0.25) is 5.02 Å². The molecular formula is C25H17ClN2O7S. The molecule has 0 aromatic heterocycles. The standard InChI is InChI=1S/C25H17ClN2O7S/c26-20-6-1-2-7-21(20)34-13-12-27-23(29)22(36-25(27)31)14-16-8-10-19(11-9-16)35-24(30)17-4-3-5-18(15-17)28(32)33/h1-11,14-15H,12-13H2/b22-14-. The van der Waals surface area contributed by atoms with Gasteiger partial charge >= 0.3 is 5.97 Å². The molecular weight excluding hydrogens is 508 g/mol. The average Bonchev–Trinajstić information content (AvgIpc) is 3.13. The molecule has 182 valence electrons. The molecule has 2 amide bonds. The summed E-state index contributed by atoms with van der Waals surface area (Å²) in [5, 5.41) is 10.9. The van der Waals surface area contributed by atoms with Crippen molar-refractivity contribution in [2.45, 2.75) is 0 Å². The monoisotopic (exact) mass is 524 g/mol. The highest BCUT2D eigenvalue weighted by molar-refractivity contribution is 8.18. The molecule has 11 heteroatoms. The number of amides is 2. The lowest BCUT2D eigenvalue weighted by Crippen LogP contribution is -2.32. The topological polar surface area (TPSA) is 116 Å². The number of nitro groups is 1. The van der Waals surface area contributed by atoms with Crippen LogP contribution in [-0.2, 0) is 4.79 Å². The van der Waals surface area contributed by atoms with Crippen LogP contribution in [-0.4, -0.2) is 40.1 Å². The zero-order valence-corrected chi connectivity index (χ0v) is 20.0. The van der Waals surface area contributed by atoms with Crippen LogP contribution in [0.15, 0.2) is 77.7 Å². The Bertz CT molecular complexity index is 1370. The van der Waals surface area contributed by atoms with Crippen molar-refractivity contribution in [1.29, 1.82) is 0 Å². The Hall–Kier alpha value is -4.15. The summed E-state index contributed by atoms with van der Waals surface area (Å²) in [6, 6.07) is 18.4. The Morgan fingerprint density at radius 1 is 1.06 bits per heavy atom. The van der Waals surface area contributed by atoms with Gasteiger partial charge in [-0.15, -0.1) is 0 Å². The van der Waals surface area contributed by atoms with Gasteiger partial charge in [0.2, 0.25) is 0 Å². The van der Waals surface area contributed by atoms with Gasteiger partial charge in [0.25, 0.3) is 16.8 Å². The van der Waals surface area contributed by atoms with E-state index in [0.29, 0.717) is 16.3 Å². The lowest BCUT2D eigenvalue weighted by Gasteiger charge is -2.13. The fourth-order valence-electron chi connectivity index (χ4n) is 3.20. The van der Waals surface area contributed by atoms with E-state index in [-0.39, 0.29) is 35.1 Å². The number of carbonyl (C=O) groups excluding carboxylic acids is 3. The first-order chi connectivity index (χ1) is 17.3. The van der Waals surface area contributed by atoms with Crippen molar-refractivity contribution in [3.05, 3.63) is 104 Å². The van der Waals surface area contributed by atoms with Crippen LogP contribution in [0, 0.1) is 10.1 Å². The second-order valence-corrected chi connectivity index (χ2v) is 8.78. The van der Waals surface area contributed by atoms with E-state index in [1.807, 2.05) is 0 Å². The normalized spacial score (nSPS) is 14.2. The van der Waals surface area contributed by atoms with E-state index >= 15 is 0 Å². The summed E-state index contributed by atoms with van der Waals surface area (Å²) in [4.78, 5) is 48.9. The molecule has 3 aromatic carbocycles. The summed E-state index contributed by atoms with van der Waals surface area (Å²) >= 11 is 6.86. The highest BCUT2D eigenvalue weighted by atomic mass is 35.5. The van der Waals surface area contributed by atoms with Gasteiger partial charge in [-0.25, -0.2) is 4.79 Å². The van der Waals surface area contributed by atoms with E-state index in [4.69, 9.17) is 21.1 Å². The summed E-state index contributed by atoms with van der Waals surface area (Å²) in [7, 11) is 0. The first-order valence-corrected chi connectivity index (χ1v) is 11.7. The van der Waals surface area contributed by atoms with Crippen molar-refractivity contribution in [1.82, 2.24) is 4.90 Å². The molecule has 0 aliphatic carbocycles. The van der Waals surface area contributed by atoms with E-state index < -0.39 is 22.0 Å². The van der Waals surface area contributed by atoms with Gasteiger partial charge in [0.05, 0.1) is 27.0 Å². The molecule has 0 spiro atoms. The van der Waals surface area contributed by atoms with Crippen LogP contribution < -0.4 is 9.47 Å². The number of ether oxygens (including phenoxy) is 2. The number of non-ortho nitro benzene ring substituents is 1. The fraction of sp³-hybridized carbons (Fsp3) is 0.0800. The Labute approximate surface area is 214 Å². The molecule has 1 heterocycles. The van der Waals surface area contributed by atoms with Crippen molar-refractivity contribution in [2.75, 3.05) is 13.2 Å². The maximum atomic E-state index is 12.7. The van der Waals surface area contributed by atoms with E-state index in [1.54, 1.807) is 42.5 Å². The Morgan fingerprint density at radius 3 is 2.53 bits per heavy atom. The number of esters is 1. The van der Waals surface area contributed by atoms with Crippen molar-refractivity contribution in [2.24, 2.45) is 0 Å². The van der Waals surface area contributed by atoms with Gasteiger partial charge in [-0.3, -0.25) is 24.6 Å². The van der Waals surface area contributed by atoms with Crippen molar-refractivity contribution >= 4 is 52.2 Å². The Morgan fingerprint density at radius 2 is 1.81 bits per heavy atom. The zero-order valence-electron chi connectivity index (χ0n) is 18.5. The summed E-state index contributed by atoms with van der Waals surface area (Å²) < 4.78 is 10.8. The number of imide groups is 1. The summed E-state index contributed by atoms with van der Waals surface area (Å²) in [6.07, 6.45) is 1.56. The predicted molar refractivity (Wildman–Crippen MR) is 134 cm³/mol.